The highest BCUT2D eigenvalue weighted by Crippen LogP contribution is 2.25. The molecule has 3 atom stereocenters. The van der Waals surface area contributed by atoms with Crippen LogP contribution in [0.4, 0.5) is 4.79 Å². The first-order valence-corrected chi connectivity index (χ1v) is 27.3. The van der Waals surface area contributed by atoms with Gasteiger partial charge in [-0.1, -0.05) is 176 Å². The average Bonchev–Trinajstić information content (AvgIpc) is 3.82. The van der Waals surface area contributed by atoms with Crippen LogP contribution in [0.2, 0.25) is 0 Å². The average molecular weight is 908 g/mol. The van der Waals surface area contributed by atoms with Crippen molar-refractivity contribution in [2.24, 2.45) is 11.8 Å². The van der Waals surface area contributed by atoms with Crippen molar-refractivity contribution < 1.29 is 38.1 Å². The second kappa shape index (κ2) is 44.9. The Morgan fingerprint density at radius 2 is 1.03 bits per heavy atom. The number of esters is 2. The van der Waals surface area contributed by atoms with Crippen molar-refractivity contribution >= 4 is 18.0 Å². The van der Waals surface area contributed by atoms with Crippen molar-refractivity contribution in [3.05, 3.63) is 6.42 Å². The first-order valence-electron chi connectivity index (χ1n) is 27.3. The van der Waals surface area contributed by atoms with E-state index in [-0.39, 0.29) is 50.0 Å². The SMILES string of the molecule is C[CH]CCCC(CCCCC)CCCC(COC(=O)CCC(CCCCCC)OC(=O)NCCN1CCCC1)COC(=O)CCC(OCCCCCCCC)OCCCCCCCC. The molecule has 0 saturated carbocycles. The number of ether oxygens (including phenoxy) is 5. The lowest BCUT2D eigenvalue weighted by molar-refractivity contribution is -0.161. The summed E-state index contributed by atoms with van der Waals surface area (Å²) in [6.45, 7) is 16.3. The van der Waals surface area contributed by atoms with Crippen LogP contribution in [0, 0.1) is 18.3 Å². The van der Waals surface area contributed by atoms with Gasteiger partial charge in [-0.2, -0.15) is 0 Å². The predicted molar refractivity (Wildman–Crippen MR) is 264 cm³/mol. The van der Waals surface area contributed by atoms with Crippen molar-refractivity contribution in [1.29, 1.82) is 0 Å². The first kappa shape index (κ1) is 60.1. The highest BCUT2D eigenvalue weighted by Gasteiger charge is 2.21. The predicted octanol–water partition coefficient (Wildman–Crippen LogP) is 14.3. The molecule has 1 saturated heterocycles. The molecule has 10 nitrogen and oxygen atoms in total. The van der Waals surface area contributed by atoms with Gasteiger partial charge in [0.15, 0.2) is 6.29 Å². The van der Waals surface area contributed by atoms with Gasteiger partial charge >= 0.3 is 18.0 Å². The normalized spacial score (nSPS) is 14.0. The van der Waals surface area contributed by atoms with Gasteiger partial charge in [0.25, 0.3) is 0 Å². The largest absolute Gasteiger partial charge is 0.465 e. The molecule has 1 amide bonds. The maximum atomic E-state index is 13.3. The summed E-state index contributed by atoms with van der Waals surface area (Å²) in [5.41, 5.74) is 0. The second-order valence-corrected chi connectivity index (χ2v) is 19.0. The van der Waals surface area contributed by atoms with E-state index in [9.17, 15) is 14.4 Å². The Kier molecular flexibility index (Phi) is 42.2. The zero-order valence-corrected chi connectivity index (χ0v) is 42.6. The number of hydrogen-bond donors (Lipinski definition) is 1. The molecule has 1 heterocycles. The third-order valence-electron chi connectivity index (χ3n) is 12.9. The Hall–Kier alpha value is -1.91. The summed E-state index contributed by atoms with van der Waals surface area (Å²) in [5, 5.41) is 2.92. The number of nitrogens with one attached hydrogen (secondary N) is 1. The molecule has 64 heavy (non-hydrogen) atoms. The van der Waals surface area contributed by atoms with Crippen molar-refractivity contribution in [2.45, 2.75) is 259 Å². The minimum atomic E-state index is -0.411. The number of nitrogens with zero attached hydrogens (tertiary/aromatic N) is 1. The molecule has 0 aromatic heterocycles. The van der Waals surface area contributed by atoms with Crippen molar-refractivity contribution in [2.75, 3.05) is 52.6 Å². The molecule has 0 aromatic carbocycles. The summed E-state index contributed by atoms with van der Waals surface area (Å²) in [4.78, 5) is 41.6. The lowest BCUT2D eigenvalue weighted by atomic mass is 9.89. The van der Waals surface area contributed by atoms with E-state index in [4.69, 9.17) is 23.7 Å². The summed E-state index contributed by atoms with van der Waals surface area (Å²) in [6, 6.07) is 0. The molecule has 0 spiro atoms. The fraction of sp³-hybridized carbons (Fsp3) is 0.926. The zero-order valence-electron chi connectivity index (χ0n) is 42.6. The van der Waals surface area contributed by atoms with Gasteiger partial charge in [0, 0.05) is 45.1 Å². The van der Waals surface area contributed by atoms with Gasteiger partial charge in [0.1, 0.15) is 6.10 Å². The van der Waals surface area contributed by atoms with E-state index in [1.165, 1.54) is 103 Å². The molecule has 0 bridgehead atoms. The number of carbonyl (C=O) groups excluding carboxylic acids is 3. The molecule has 10 heteroatoms. The minimum absolute atomic E-state index is 0.0839. The smallest absolute Gasteiger partial charge is 0.407 e. The number of carbonyl (C=O) groups is 3. The molecule has 0 aliphatic carbocycles. The van der Waals surface area contributed by atoms with Crippen LogP contribution in [-0.2, 0) is 33.3 Å². The summed E-state index contributed by atoms with van der Waals surface area (Å²) >= 11 is 0. The van der Waals surface area contributed by atoms with Gasteiger partial charge in [-0.05, 0) is 76.8 Å². The van der Waals surface area contributed by atoms with Gasteiger partial charge < -0.3 is 33.9 Å². The highest BCUT2D eigenvalue weighted by molar-refractivity contribution is 5.70. The molecule has 1 radical (unpaired) electrons. The molecule has 1 rings (SSSR count). The second-order valence-electron chi connectivity index (χ2n) is 19.0. The number of likely N-dealkylation sites (tertiary alicyclic amines) is 1. The Bertz CT molecular complexity index is 1030. The summed E-state index contributed by atoms with van der Waals surface area (Å²) in [6.07, 6.45) is 35.8. The van der Waals surface area contributed by atoms with Crippen LogP contribution in [-0.4, -0.2) is 87.9 Å². The van der Waals surface area contributed by atoms with Crippen LogP contribution in [0.3, 0.4) is 0 Å². The molecule has 1 fully saturated rings. The van der Waals surface area contributed by atoms with E-state index in [0.29, 0.717) is 38.5 Å². The van der Waals surface area contributed by atoms with Gasteiger partial charge in [-0.3, -0.25) is 9.59 Å². The number of hydrogen-bond acceptors (Lipinski definition) is 9. The fourth-order valence-corrected chi connectivity index (χ4v) is 8.70. The number of unbranched alkanes of at least 4 members (excludes halogenated alkanes) is 17. The van der Waals surface area contributed by atoms with Gasteiger partial charge in [0.2, 0.25) is 0 Å². The van der Waals surface area contributed by atoms with E-state index >= 15 is 0 Å². The molecule has 1 aliphatic rings. The lowest BCUT2D eigenvalue weighted by Gasteiger charge is -2.22. The van der Waals surface area contributed by atoms with Crippen LogP contribution >= 0.6 is 0 Å². The van der Waals surface area contributed by atoms with E-state index in [0.717, 1.165) is 103 Å². The molecular weight excluding hydrogens is 805 g/mol. The Balaban J connectivity index is 2.82. The monoisotopic (exact) mass is 908 g/mol. The maximum absolute atomic E-state index is 13.3. The van der Waals surface area contributed by atoms with E-state index in [2.05, 4.69) is 51.3 Å². The molecular formula is C54H103N2O8. The summed E-state index contributed by atoms with van der Waals surface area (Å²) in [5.74, 6) is 0.0460. The minimum Gasteiger partial charge on any atom is -0.465 e. The lowest BCUT2D eigenvalue weighted by Crippen LogP contribution is -2.35. The first-order chi connectivity index (χ1) is 31.3. The van der Waals surface area contributed by atoms with Crippen LogP contribution in [0.15, 0.2) is 0 Å². The highest BCUT2D eigenvalue weighted by atomic mass is 16.7. The number of alkyl carbamates (subject to hydrolysis) is 1. The van der Waals surface area contributed by atoms with E-state index in [1.54, 1.807) is 0 Å². The van der Waals surface area contributed by atoms with Gasteiger partial charge in [-0.15, -0.1) is 0 Å². The Labute approximate surface area is 394 Å². The fourth-order valence-electron chi connectivity index (χ4n) is 8.70. The molecule has 1 aliphatic heterocycles. The third-order valence-corrected chi connectivity index (χ3v) is 12.9. The number of amides is 1. The molecule has 1 N–H and O–H groups in total. The topological polar surface area (TPSA) is 113 Å². The summed E-state index contributed by atoms with van der Waals surface area (Å²) in [7, 11) is 0. The zero-order chi connectivity index (χ0) is 46.6. The quantitative estimate of drug-likeness (QED) is 0.0276. The van der Waals surface area contributed by atoms with Crippen molar-refractivity contribution in [3.63, 3.8) is 0 Å². The third kappa shape index (κ3) is 37.2. The van der Waals surface area contributed by atoms with Crippen molar-refractivity contribution in [3.8, 4) is 0 Å². The maximum Gasteiger partial charge on any atom is 0.407 e. The number of rotatable bonds is 47. The van der Waals surface area contributed by atoms with Crippen LogP contribution in [0.5, 0.6) is 0 Å². The van der Waals surface area contributed by atoms with Crippen molar-refractivity contribution in [1.82, 2.24) is 10.2 Å². The Morgan fingerprint density at radius 3 is 1.62 bits per heavy atom. The molecule has 3 unspecified atom stereocenters. The van der Waals surface area contributed by atoms with Crippen LogP contribution in [0.25, 0.3) is 0 Å². The van der Waals surface area contributed by atoms with E-state index < -0.39 is 12.4 Å². The van der Waals surface area contributed by atoms with E-state index in [1.807, 2.05) is 0 Å². The van der Waals surface area contributed by atoms with Crippen LogP contribution in [0.1, 0.15) is 247 Å². The molecule has 377 valence electrons. The Morgan fingerprint density at radius 1 is 0.547 bits per heavy atom. The van der Waals surface area contributed by atoms with Crippen LogP contribution < -0.4 is 5.32 Å². The molecule has 0 aromatic rings. The van der Waals surface area contributed by atoms with Gasteiger partial charge in [0.05, 0.1) is 19.6 Å². The summed E-state index contributed by atoms with van der Waals surface area (Å²) < 4.78 is 30.1. The standard InChI is InChI=1S/C54H103N2O8/c1-6-11-16-19-21-28-44-60-53(61-45-29-22-20-17-12-7-2)39-38-52(58)63-47-49(34-30-33-48(31-23-14-9-4)32-24-15-10-5)46-62-51(57)37-36-50(35-25-18-13-8-3)64-54(59)55-40-43-56-41-26-27-42-56/h9,48-50,53H,6-8,10-47H2,1-5H3,(H,55,59). The van der Waals surface area contributed by atoms with Gasteiger partial charge in [-0.25, -0.2) is 4.79 Å².